The molecule has 7 nitrogen and oxygen atoms in total. The molecule has 1 aliphatic heterocycles. The smallest absolute Gasteiger partial charge is 0.325 e. The van der Waals surface area contributed by atoms with E-state index in [0.29, 0.717) is 12.1 Å². The van der Waals surface area contributed by atoms with Gasteiger partial charge in [-0.05, 0) is 43.4 Å². The lowest BCUT2D eigenvalue weighted by Gasteiger charge is -2.20. The first-order valence-electron chi connectivity index (χ1n) is 7.84. The van der Waals surface area contributed by atoms with Crippen LogP contribution in [0.25, 0.3) is 0 Å². The molecule has 0 radical (unpaired) electrons. The van der Waals surface area contributed by atoms with Crippen LogP contribution in [0.5, 0.6) is 0 Å². The lowest BCUT2D eigenvalue weighted by molar-refractivity contribution is -0.134. The Morgan fingerprint density at radius 3 is 2.62 bits per heavy atom. The van der Waals surface area contributed by atoms with Crippen LogP contribution >= 0.6 is 0 Å². The molecule has 0 aromatic heterocycles. The largest absolute Gasteiger partial charge is 0.325 e. The summed E-state index contributed by atoms with van der Waals surface area (Å²) in [5.41, 5.74) is 0.527. The number of hydrogen-bond acceptors (Lipinski definition) is 4. The number of imide groups is 1. The first-order chi connectivity index (χ1) is 11.4. The molecule has 24 heavy (non-hydrogen) atoms. The van der Waals surface area contributed by atoms with Crippen LogP contribution in [0.15, 0.2) is 24.3 Å². The van der Waals surface area contributed by atoms with Crippen LogP contribution in [0, 0.1) is 17.2 Å². The molecule has 0 bridgehead atoms. The molecular weight excluding hydrogens is 308 g/mol. The second-order valence-corrected chi connectivity index (χ2v) is 6.38. The number of rotatable bonds is 5. The Morgan fingerprint density at radius 2 is 2.04 bits per heavy atom. The molecule has 7 heteroatoms. The molecule has 1 saturated carbocycles. The monoisotopic (exact) mass is 326 g/mol. The normalized spacial score (nSPS) is 22.9. The van der Waals surface area contributed by atoms with E-state index in [4.69, 9.17) is 5.26 Å². The summed E-state index contributed by atoms with van der Waals surface area (Å²) in [7, 11) is 0. The van der Waals surface area contributed by atoms with E-state index in [1.807, 2.05) is 6.07 Å². The molecule has 1 aliphatic carbocycles. The lowest BCUT2D eigenvalue weighted by Crippen LogP contribution is -2.46. The molecule has 1 aromatic carbocycles. The number of hydrogen-bond donors (Lipinski definition) is 2. The molecule has 4 amide bonds. The standard InChI is InChI=1S/C17H18N4O3/c1-17(12-4-5-12)15(23)21(16(24)20-17)10-14(22)19-13-6-2-11(3-7-13)8-9-18/h2-3,6-7,12H,4-5,8,10H2,1H3,(H,19,22)(H,20,24)/t17-/m1/s1. The Balaban J connectivity index is 1.61. The van der Waals surface area contributed by atoms with Gasteiger partial charge in [0.2, 0.25) is 5.91 Å². The van der Waals surface area contributed by atoms with Gasteiger partial charge >= 0.3 is 6.03 Å². The average Bonchev–Trinajstić information content (AvgIpc) is 3.36. The predicted molar refractivity (Wildman–Crippen MR) is 85.8 cm³/mol. The third kappa shape index (κ3) is 2.95. The highest BCUT2D eigenvalue weighted by molar-refractivity contribution is 6.10. The first-order valence-corrected chi connectivity index (χ1v) is 7.84. The van der Waals surface area contributed by atoms with E-state index < -0.39 is 17.5 Å². The molecular formula is C17H18N4O3. The highest BCUT2D eigenvalue weighted by atomic mass is 16.2. The Hall–Kier alpha value is -2.88. The number of anilines is 1. The zero-order valence-electron chi connectivity index (χ0n) is 13.3. The number of nitrogens with one attached hydrogen (secondary N) is 2. The van der Waals surface area contributed by atoms with Crippen LogP contribution in [0.3, 0.4) is 0 Å². The van der Waals surface area contributed by atoms with Gasteiger partial charge in [-0.15, -0.1) is 0 Å². The second-order valence-electron chi connectivity index (χ2n) is 6.38. The van der Waals surface area contributed by atoms with Crippen molar-refractivity contribution in [1.82, 2.24) is 10.2 Å². The van der Waals surface area contributed by atoms with Gasteiger partial charge in [0, 0.05) is 5.69 Å². The molecule has 124 valence electrons. The molecule has 0 spiro atoms. The van der Waals surface area contributed by atoms with Crippen molar-refractivity contribution in [1.29, 1.82) is 5.26 Å². The van der Waals surface area contributed by atoms with E-state index in [1.165, 1.54) is 0 Å². The Labute approximate surface area is 139 Å². The first kappa shape index (κ1) is 16.0. The number of amides is 4. The maximum atomic E-state index is 12.5. The van der Waals surface area contributed by atoms with Crippen LogP contribution in [-0.2, 0) is 16.0 Å². The number of urea groups is 1. The SMILES string of the molecule is C[C@]1(C2CC2)NC(=O)N(CC(=O)Nc2ccc(CC#N)cc2)C1=O. The number of nitriles is 1. The topological polar surface area (TPSA) is 102 Å². The summed E-state index contributed by atoms with van der Waals surface area (Å²) < 4.78 is 0. The van der Waals surface area contributed by atoms with E-state index in [1.54, 1.807) is 31.2 Å². The third-order valence-electron chi connectivity index (χ3n) is 4.52. The van der Waals surface area contributed by atoms with E-state index in [0.717, 1.165) is 23.3 Å². The number of benzene rings is 1. The number of carbonyl (C=O) groups excluding carboxylic acids is 3. The van der Waals surface area contributed by atoms with Crippen molar-refractivity contribution in [2.45, 2.75) is 31.7 Å². The van der Waals surface area contributed by atoms with Gasteiger partial charge in [0.05, 0.1) is 12.5 Å². The quantitative estimate of drug-likeness (QED) is 0.799. The van der Waals surface area contributed by atoms with Crippen LogP contribution in [-0.4, -0.2) is 34.8 Å². The minimum Gasteiger partial charge on any atom is -0.325 e. The second kappa shape index (κ2) is 5.96. The van der Waals surface area contributed by atoms with Crippen molar-refractivity contribution >= 4 is 23.5 Å². The van der Waals surface area contributed by atoms with Gasteiger partial charge in [0.25, 0.3) is 5.91 Å². The van der Waals surface area contributed by atoms with Gasteiger partial charge in [-0.2, -0.15) is 5.26 Å². The van der Waals surface area contributed by atoms with Gasteiger partial charge in [-0.1, -0.05) is 12.1 Å². The van der Waals surface area contributed by atoms with Crippen molar-refractivity contribution in [3.63, 3.8) is 0 Å². The molecule has 2 fully saturated rings. The minimum atomic E-state index is -0.879. The van der Waals surface area contributed by atoms with E-state index >= 15 is 0 Å². The summed E-state index contributed by atoms with van der Waals surface area (Å²) in [6, 6.07) is 8.39. The summed E-state index contributed by atoms with van der Waals surface area (Å²) >= 11 is 0. The fourth-order valence-corrected chi connectivity index (χ4v) is 2.94. The van der Waals surface area contributed by atoms with E-state index in [-0.39, 0.29) is 18.4 Å². The molecule has 1 saturated heterocycles. The maximum absolute atomic E-state index is 12.5. The van der Waals surface area contributed by atoms with Crippen LogP contribution in [0.1, 0.15) is 25.3 Å². The molecule has 0 unspecified atom stereocenters. The zero-order chi connectivity index (χ0) is 17.3. The molecule has 2 aliphatic rings. The highest BCUT2D eigenvalue weighted by Crippen LogP contribution is 2.42. The van der Waals surface area contributed by atoms with Crippen molar-refractivity contribution < 1.29 is 14.4 Å². The van der Waals surface area contributed by atoms with Crippen molar-refractivity contribution in [2.24, 2.45) is 5.92 Å². The van der Waals surface area contributed by atoms with Crippen LogP contribution in [0.2, 0.25) is 0 Å². The molecule has 2 N–H and O–H groups in total. The fraction of sp³-hybridized carbons (Fsp3) is 0.412. The van der Waals surface area contributed by atoms with Crippen molar-refractivity contribution in [3.8, 4) is 6.07 Å². The summed E-state index contributed by atoms with van der Waals surface area (Å²) in [5, 5.41) is 14.0. The van der Waals surface area contributed by atoms with Crippen molar-refractivity contribution in [2.75, 3.05) is 11.9 Å². The van der Waals surface area contributed by atoms with Gasteiger partial charge < -0.3 is 10.6 Å². The number of carbonyl (C=O) groups is 3. The highest BCUT2D eigenvalue weighted by Gasteiger charge is 2.56. The van der Waals surface area contributed by atoms with Gasteiger partial charge in [-0.25, -0.2) is 4.79 Å². The Morgan fingerprint density at radius 1 is 1.38 bits per heavy atom. The Bertz CT molecular complexity index is 733. The van der Waals surface area contributed by atoms with Gasteiger partial charge in [-0.3, -0.25) is 14.5 Å². The predicted octanol–water partition coefficient (Wildman–Crippen LogP) is 1.41. The van der Waals surface area contributed by atoms with Crippen LogP contribution in [0.4, 0.5) is 10.5 Å². The third-order valence-corrected chi connectivity index (χ3v) is 4.52. The summed E-state index contributed by atoms with van der Waals surface area (Å²) in [6.45, 7) is 1.41. The van der Waals surface area contributed by atoms with E-state index in [2.05, 4.69) is 10.6 Å². The maximum Gasteiger partial charge on any atom is 0.325 e. The Kier molecular flexibility index (Phi) is 3.97. The average molecular weight is 326 g/mol. The van der Waals surface area contributed by atoms with Crippen molar-refractivity contribution in [3.05, 3.63) is 29.8 Å². The van der Waals surface area contributed by atoms with Gasteiger partial charge in [0.1, 0.15) is 12.1 Å². The van der Waals surface area contributed by atoms with Gasteiger partial charge in [0.15, 0.2) is 0 Å². The van der Waals surface area contributed by atoms with E-state index in [9.17, 15) is 14.4 Å². The molecule has 3 rings (SSSR count). The summed E-state index contributed by atoms with van der Waals surface area (Å²) in [4.78, 5) is 37.6. The molecule has 1 aromatic rings. The minimum absolute atomic E-state index is 0.162. The fourth-order valence-electron chi connectivity index (χ4n) is 2.94. The van der Waals surface area contributed by atoms with Crippen LogP contribution < -0.4 is 10.6 Å². The summed E-state index contributed by atoms with van der Waals surface area (Å²) in [5.74, 6) is -0.615. The zero-order valence-corrected chi connectivity index (χ0v) is 13.3. The molecule has 1 atom stereocenters. The summed E-state index contributed by atoms with van der Waals surface area (Å²) in [6.07, 6.45) is 2.13. The number of nitrogens with zero attached hydrogens (tertiary/aromatic N) is 2. The molecule has 1 heterocycles. The lowest BCUT2D eigenvalue weighted by atomic mass is 9.96.